The molecule has 7 heteroatoms. The molecule has 16 heavy (non-hydrogen) atoms. The fourth-order valence-electron chi connectivity index (χ4n) is 0.771. The molecule has 5 N–H and O–H groups in total. The standard InChI is InChI=1S/C9H18N2O4S/c1-9(15,6-12)5-11-8(14)2-3-16-4-7(10)13/h12,15H,2-6H2,1H3,(H2,10,13)(H,11,14). The van der Waals surface area contributed by atoms with Gasteiger partial charge in [0.2, 0.25) is 11.8 Å². The Bertz CT molecular complexity index is 246. The summed E-state index contributed by atoms with van der Waals surface area (Å²) in [7, 11) is 0. The van der Waals surface area contributed by atoms with Gasteiger partial charge in [0.1, 0.15) is 5.60 Å². The summed E-state index contributed by atoms with van der Waals surface area (Å²) in [4.78, 5) is 21.6. The first kappa shape index (κ1) is 15.2. The molecule has 0 saturated carbocycles. The molecule has 94 valence electrons. The lowest BCUT2D eigenvalue weighted by molar-refractivity contribution is -0.122. The van der Waals surface area contributed by atoms with Gasteiger partial charge in [-0.2, -0.15) is 11.8 Å². The molecule has 1 unspecified atom stereocenters. The van der Waals surface area contributed by atoms with E-state index in [-0.39, 0.29) is 24.6 Å². The number of thioether (sulfide) groups is 1. The topological polar surface area (TPSA) is 113 Å². The Balaban J connectivity index is 3.56. The zero-order valence-corrected chi connectivity index (χ0v) is 10.0. The van der Waals surface area contributed by atoms with E-state index in [2.05, 4.69) is 5.32 Å². The average Bonchev–Trinajstić information content (AvgIpc) is 2.21. The summed E-state index contributed by atoms with van der Waals surface area (Å²) < 4.78 is 0. The molecule has 0 aromatic carbocycles. The van der Waals surface area contributed by atoms with Crippen molar-refractivity contribution in [3.63, 3.8) is 0 Å². The van der Waals surface area contributed by atoms with Gasteiger partial charge in [0, 0.05) is 18.7 Å². The second-order valence-corrected chi connectivity index (χ2v) is 4.81. The summed E-state index contributed by atoms with van der Waals surface area (Å²) in [5, 5.41) is 20.6. The zero-order valence-electron chi connectivity index (χ0n) is 9.23. The largest absolute Gasteiger partial charge is 0.393 e. The number of amides is 2. The summed E-state index contributed by atoms with van der Waals surface area (Å²) >= 11 is 1.28. The summed E-state index contributed by atoms with van der Waals surface area (Å²) in [6.45, 7) is 1.02. The predicted molar refractivity (Wildman–Crippen MR) is 61.9 cm³/mol. The molecule has 0 radical (unpaired) electrons. The molecular formula is C9H18N2O4S. The van der Waals surface area contributed by atoms with Crippen molar-refractivity contribution < 1.29 is 19.8 Å². The van der Waals surface area contributed by atoms with Crippen LogP contribution in [0.4, 0.5) is 0 Å². The van der Waals surface area contributed by atoms with E-state index in [1.807, 2.05) is 0 Å². The third-order valence-corrected chi connectivity index (χ3v) is 2.71. The van der Waals surface area contributed by atoms with Crippen molar-refractivity contribution in [1.82, 2.24) is 5.32 Å². The number of aliphatic hydroxyl groups excluding tert-OH is 1. The van der Waals surface area contributed by atoms with Gasteiger partial charge in [0.25, 0.3) is 0 Å². The van der Waals surface area contributed by atoms with Crippen molar-refractivity contribution in [3.05, 3.63) is 0 Å². The van der Waals surface area contributed by atoms with E-state index in [1.165, 1.54) is 18.7 Å². The fraction of sp³-hybridized carbons (Fsp3) is 0.778. The minimum absolute atomic E-state index is 0.00280. The summed E-state index contributed by atoms with van der Waals surface area (Å²) in [5.41, 5.74) is 3.63. The van der Waals surface area contributed by atoms with Crippen molar-refractivity contribution in [2.24, 2.45) is 5.73 Å². The number of carbonyl (C=O) groups excluding carboxylic acids is 2. The van der Waals surface area contributed by atoms with Crippen LogP contribution in [0, 0.1) is 0 Å². The van der Waals surface area contributed by atoms with Gasteiger partial charge < -0.3 is 21.3 Å². The first-order chi connectivity index (χ1) is 7.37. The van der Waals surface area contributed by atoms with Gasteiger partial charge in [-0.25, -0.2) is 0 Å². The van der Waals surface area contributed by atoms with Crippen molar-refractivity contribution in [2.75, 3.05) is 24.7 Å². The number of carbonyl (C=O) groups is 2. The molecule has 0 fully saturated rings. The van der Waals surface area contributed by atoms with Crippen LogP contribution in [-0.4, -0.2) is 52.3 Å². The van der Waals surface area contributed by atoms with Gasteiger partial charge >= 0.3 is 0 Å². The molecule has 0 saturated heterocycles. The number of primary amides is 1. The van der Waals surface area contributed by atoms with Crippen LogP contribution in [0.1, 0.15) is 13.3 Å². The van der Waals surface area contributed by atoms with E-state index < -0.39 is 18.1 Å². The number of hydrogen-bond acceptors (Lipinski definition) is 5. The molecule has 0 aromatic rings. The van der Waals surface area contributed by atoms with Gasteiger partial charge in [-0.3, -0.25) is 9.59 Å². The Morgan fingerprint density at radius 3 is 2.62 bits per heavy atom. The van der Waals surface area contributed by atoms with Crippen LogP contribution in [0.3, 0.4) is 0 Å². The molecule has 0 aliphatic heterocycles. The number of hydrogen-bond donors (Lipinski definition) is 4. The summed E-state index contributed by atoms with van der Waals surface area (Å²) in [5.74, 6) is 0.0526. The predicted octanol–water partition coefficient (Wildman–Crippen LogP) is -1.55. The molecule has 0 aliphatic carbocycles. The van der Waals surface area contributed by atoms with Crippen molar-refractivity contribution in [1.29, 1.82) is 0 Å². The molecule has 2 amide bonds. The van der Waals surface area contributed by atoms with E-state index in [4.69, 9.17) is 10.8 Å². The molecule has 0 aromatic heterocycles. The highest BCUT2D eigenvalue weighted by Gasteiger charge is 2.19. The second-order valence-electron chi connectivity index (χ2n) is 3.70. The number of nitrogens with one attached hydrogen (secondary N) is 1. The van der Waals surface area contributed by atoms with E-state index >= 15 is 0 Å². The molecule has 6 nitrogen and oxygen atoms in total. The Morgan fingerprint density at radius 2 is 2.12 bits per heavy atom. The van der Waals surface area contributed by atoms with E-state index in [1.54, 1.807) is 0 Å². The average molecular weight is 250 g/mol. The van der Waals surface area contributed by atoms with E-state index in [0.29, 0.717) is 5.75 Å². The molecule has 0 rings (SSSR count). The third kappa shape index (κ3) is 8.51. The lowest BCUT2D eigenvalue weighted by Gasteiger charge is -2.20. The highest BCUT2D eigenvalue weighted by Crippen LogP contribution is 2.02. The smallest absolute Gasteiger partial charge is 0.227 e. The van der Waals surface area contributed by atoms with Crippen LogP contribution >= 0.6 is 11.8 Å². The second kappa shape index (κ2) is 7.48. The maximum atomic E-state index is 11.2. The lowest BCUT2D eigenvalue weighted by atomic mass is 10.1. The third-order valence-electron chi connectivity index (χ3n) is 1.72. The number of nitrogens with two attached hydrogens (primary N) is 1. The fourth-order valence-corrected chi connectivity index (χ4v) is 1.45. The van der Waals surface area contributed by atoms with E-state index in [0.717, 1.165) is 0 Å². The molecule has 0 spiro atoms. The Labute approximate surface area is 98.6 Å². The zero-order chi connectivity index (χ0) is 12.6. The van der Waals surface area contributed by atoms with Crippen molar-refractivity contribution in [3.8, 4) is 0 Å². The van der Waals surface area contributed by atoms with Gasteiger partial charge in [0.15, 0.2) is 0 Å². The van der Waals surface area contributed by atoms with Crippen LogP contribution in [0.25, 0.3) is 0 Å². The maximum Gasteiger partial charge on any atom is 0.227 e. The normalized spacial score (nSPS) is 14.2. The van der Waals surface area contributed by atoms with Crippen molar-refractivity contribution in [2.45, 2.75) is 18.9 Å². The minimum Gasteiger partial charge on any atom is -0.393 e. The van der Waals surface area contributed by atoms with Crippen LogP contribution in [0.15, 0.2) is 0 Å². The quantitative estimate of drug-likeness (QED) is 0.390. The van der Waals surface area contributed by atoms with Crippen molar-refractivity contribution >= 4 is 23.6 Å². The van der Waals surface area contributed by atoms with Crippen LogP contribution in [-0.2, 0) is 9.59 Å². The SMILES string of the molecule is CC(O)(CO)CNC(=O)CCSCC(N)=O. The summed E-state index contributed by atoms with van der Waals surface area (Å²) in [6.07, 6.45) is 0.249. The van der Waals surface area contributed by atoms with Gasteiger partial charge in [-0.05, 0) is 6.92 Å². The molecule has 1 atom stereocenters. The number of aliphatic hydroxyl groups is 2. The Hall–Kier alpha value is -0.790. The Kier molecular flexibility index (Phi) is 7.11. The van der Waals surface area contributed by atoms with E-state index in [9.17, 15) is 14.7 Å². The maximum absolute atomic E-state index is 11.2. The molecular weight excluding hydrogens is 232 g/mol. The highest BCUT2D eigenvalue weighted by atomic mass is 32.2. The molecule has 0 bridgehead atoms. The molecule has 0 aliphatic rings. The lowest BCUT2D eigenvalue weighted by Crippen LogP contribution is -2.43. The van der Waals surface area contributed by atoms with Gasteiger partial charge in [-0.15, -0.1) is 0 Å². The molecule has 0 heterocycles. The minimum atomic E-state index is -1.30. The number of rotatable bonds is 8. The van der Waals surface area contributed by atoms with Gasteiger partial charge in [-0.1, -0.05) is 0 Å². The summed E-state index contributed by atoms with van der Waals surface area (Å²) in [6, 6.07) is 0. The first-order valence-electron chi connectivity index (χ1n) is 4.83. The monoisotopic (exact) mass is 250 g/mol. The van der Waals surface area contributed by atoms with Crippen LogP contribution < -0.4 is 11.1 Å². The highest BCUT2D eigenvalue weighted by molar-refractivity contribution is 7.99. The van der Waals surface area contributed by atoms with Crippen LogP contribution in [0.2, 0.25) is 0 Å². The van der Waals surface area contributed by atoms with Crippen LogP contribution in [0.5, 0.6) is 0 Å². The van der Waals surface area contributed by atoms with Gasteiger partial charge in [0.05, 0.1) is 12.4 Å². The first-order valence-corrected chi connectivity index (χ1v) is 5.99. The Morgan fingerprint density at radius 1 is 1.50 bits per heavy atom.